The number of Topliss-reactive ketones (excluding diaryl/α,β-unsaturated/α-hetero) is 1. The summed E-state index contributed by atoms with van der Waals surface area (Å²) >= 11 is 0. The van der Waals surface area contributed by atoms with Crippen molar-refractivity contribution in [1.29, 1.82) is 0 Å². The SMILES string of the molecule is C.C.C.C.C.C.C.C.C.C.C.C.CCC(C)(C)C(=O)OCC(=O)OC(CS(=O)(=O)[O-])C(F)(F)F.CCC(C)c1ccc(C(=O)C(C)(C)[S+]2CCCC2)cc1.CCC(C)c1ccc(O)cc1.CCC(C)c1ccc(OC(C)OC2CCCCC2)cc1.CCC(C)c1ccc(OC2CCCCO2)cc1.CCC1(OC(=O)C(C)(C)CC)CCCC1.CCCCOc1ccc([S+]2CCCC2)c2ccccc12.Cc1c(F)c(F)c(F)c(F)c1F. The summed E-state index contributed by atoms with van der Waals surface area (Å²) in [7, 11) is -4.54. The fraction of sp³-hybridized carbons (Fsp3) is 0.639. The first-order chi connectivity index (χ1) is 64.7. The maximum absolute atomic E-state index is 12.8. The van der Waals surface area contributed by atoms with Crippen molar-refractivity contribution >= 4 is 66.4 Å². The van der Waals surface area contributed by atoms with Crippen molar-refractivity contribution in [2.24, 2.45) is 10.8 Å². The zero-order valence-electron chi connectivity index (χ0n) is 85.0. The Labute approximate surface area is 907 Å². The summed E-state index contributed by atoms with van der Waals surface area (Å²) < 4.78 is 173. The molecule has 7 atom stereocenters. The molecule has 1 N–H and O–H groups in total. The summed E-state index contributed by atoms with van der Waals surface area (Å²) in [6.07, 6.45) is 20.5. The van der Waals surface area contributed by atoms with Crippen LogP contribution in [-0.4, -0.2) is 132 Å². The smallest absolute Gasteiger partial charge is 0.426 e. The zero-order valence-corrected chi connectivity index (χ0v) is 87.4. The van der Waals surface area contributed by atoms with Crippen molar-refractivity contribution in [1.82, 2.24) is 0 Å². The molecule has 862 valence electrons. The van der Waals surface area contributed by atoms with Crippen LogP contribution in [0.4, 0.5) is 35.1 Å². The topological polar surface area (TPSA) is 220 Å². The Balaban J connectivity index is -0.000000253. The van der Waals surface area contributed by atoms with Gasteiger partial charge in [0.05, 0.1) is 46.0 Å². The Kier molecular flexibility index (Phi) is 81.2. The van der Waals surface area contributed by atoms with Crippen LogP contribution >= 0.6 is 0 Å². The summed E-state index contributed by atoms with van der Waals surface area (Å²) in [5, 5.41) is 11.7. The molecule has 0 radical (unpaired) electrons. The largest absolute Gasteiger partial charge is 0.748 e. The van der Waals surface area contributed by atoms with Crippen LogP contribution in [0.25, 0.3) is 10.8 Å². The predicted molar refractivity (Wildman–Crippen MR) is 617 cm³/mol. The number of carbonyl (C=O) groups excluding carboxylic acids is 4. The molecule has 7 aromatic rings. The summed E-state index contributed by atoms with van der Waals surface area (Å²) in [6, 6.07) is 45.9. The number of alkyl halides is 3. The van der Waals surface area contributed by atoms with E-state index in [1.165, 1.54) is 166 Å². The monoisotopic (exact) mass is 2170 g/mol. The quantitative estimate of drug-likeness (QED) is 0.00386. The molecule has 0 amide bonds. The Hall–Kier alpha value is -7.95. The van der Waals surface area contributed by atoms with Gasteiger partial charge in [-0.1, -0.05) is 277 Å². The average Bonchev–Trinajstić information content (AvgIpc) is 1.78. The highest BCUT2D eigenvalue weighted by Crippen LogP contribution is 2.41. The highest BCUT2D eigenvalue weighted by atomic mass is 32.2. The number of halogens is 8. The molecular weight excluding hydrogens is 1970 g/mol. The molecule has 3 heterocycles. The maximum atomic E-state index is 12.8. The van der Waals surface area contributed by atoms with Gasteiger partial charge in [0, 0.05) is 50.1 Å². The lowest BCUT2D eigenvalue weighted by Crippen LogP contribution is -2.41. The number of rotatable bonds is 33. The van der Waals surface area contributed by atoms with Gasteiger partial charge in [0.2, 0.25) is 17.7 Å². The van der Waals surface area contributed by atoms with Gasteiger partial charge in [-0.2, -0.15) is 13.2 Å². The van der Waals surface area contributed by atoms with Gasteiger partial charge >= 0.3 is 24.1 Å². The first-order valence-electron chi connectivity index (χ1n) is 49.5. The lowest BCUT2D eigenvalue weighted by Gasteiger charge is -2.32. The normalized spacial score (nSPS) is 15.7. The molecule has 3 aliphatic heterocycles. The third kappa shape index (κ3) is 52.2. The molecule has 3 saturated heterocycles. The van der Waals surface area contributed by atoms with E-state index in [2.05, 4.69) is 190 Å². The molecule has 27 heteroatoms. The lowest BCUT2D eigenvalue weighted by atomic mass is 9.89. The van der Waals surface area contributed by atoms with E-state index >= 15 is 0 Å². The Morgan fingerprint density at radius 2 is 0.933 bits per heavy atom. The third-order valence-corrected chi connectivity index (χ3v) is 33.0. The van der Waals surface area contributed by atoms with Crippen LogP contribution in [0.1, 0.15) is 443 Å². The molecule has 2 saturated carbocycles. The van der Waals surface area contributed by atoms with Crippen LogP contribution in [0.3, 0.4) is 0 Å². The van der Waals surface area contributed by atoms with Crippen LogP contribution in [0.15, 0.2) is 138 Å². The minimum atomic E-state index is -5.27. The summed E-state index contributed by atoms with van der Waals surface area (Å²) in [5.41, 5.74) is 4.00. The number of phenolic OH excluding ortho intramolecular Hbond substituents is 1. The second kappa shape index (κ2) is 77.4. The molecule has 5 fully saturated rings. The van der Waals surface area contributed by atoms with E-state index in [1.807, 2.05) is 52.0 Å². The zero-order chi connectivity index (χ0) is 102. The van der Waals surface area contributed by atoms with Crippen LogP contribution in [0.2, 0.25) is 0 Å². The third-order valence-electron chi connectivity index (χ3n) is 26.5. The predicted octanol–water partition coefficient (Wildman–Crippen LogP) is 36.6. The van der Waals surface area contributed by atoms with Crippen molar-refractivity contribution in [2.45, 2.75) is 458 Å². The summed E-state index contributed by atoms with van der Waals surface area (Å²) in [6.45, 7) is 40.3. The number of hydrogen-bond acceptors (Lipinski definition) is 16. The van der Waals surface area contributed by atoms with Crippen molar-refractivity contribution < 1.29 is 110 Å². The highest BCUT2D eigenvalue weighted by molar-refractivity contribution is 7.99. The van der Waals surface area contributed by atoms with E-state index in [1.54, 1.807) is 24.0 Å². The van der Waals surface area contributed by atoms with Gasteiger partial charge < -0.3 is 47.6 Å². The Morgan fingerprint density at radius 3 is 1.36 bits per heavy atom. The fourth-order valence-electron chi connectivity index (χ4n) is 15.4. The molecule has 7 unspecified atom stereocenters. The van der Waals surface area contributed by atoms with Gasteiger partial charge in [-0.25, -0.2) is 35.2 Å². The first kappa shape index (κ1) is 156. The van der Waals surface area contributed by atoms with E-state index in [0.717, 1.165) is 101 Å². The number of ketones is 1. The molecular formula is C122H205F8O16S3+. The maximum Gasteiger partial charge on any atom is 0.426 e. The second-order valence-corrected chi connectivity index (χ2v) is 44.6. The van der Waals surface area contributed by atoms with E-state index in [9.17, 15) is 67.3 Å². The summed E-state index contributed by atoms with van der Waals surface area (Å²) in [4.78, 5) is 49.1. The van der Waals surface area contributed by atoms with Gasteiger partial charge in [0.25, 0.3) is 0 Å². The van der Waals surface area contributed by atoms with Crippen molar-refractivity contribution in [3.05, 3.63) is 196 Å². The van der Waals surface area contributed by atoms with Crippen molar-refractivity contribution in [3.63, 3.8) is 0 Å². The van der Waals surface area contributed by atoms with Gasteiger partial charge in [-0.3, -0.25) is 14.4 Å². The molecule has 0 bridgehead atoms. The number of hydrogen-bond donors (Lipinski definition) is 1. The van der Waals surface area contributed by atoms with Crippen LogP contribution in [0, 0.1) is 46.8 Å². The molecule has 0 spiro atoms. The molecule has 2 aliphatic carbocycles. The van der Waals surface area contributed by atoms with E-state index in [-0.39, 0.29) is 134 Å². The van der Waals surface area contributed by atoms with Gasteiger partial charge in [-0.15, -0.1) is 0 Å². The fourth-order valence-corrected chi connectivity index (χ4v) is 21.2. The van der Waals surface area contributed by atoms with Crippen molar-refractivity contribution in [3.8, 4) is 23.0 Å². The standard InChI is InChI=1S/C18H28O2.C18H23OS.C18H27OS.C15H22O2.C13H24O2.C11H17F3O7S.C10H14O.C7H3F5.12CH4/c1-4-14(2)16-10-12-18(13-11-16)20-15(3)19-17-8-6-5-7-9-17;1-2-3-12-19-17-10-11-18(20-13-6-7-14-20)16-9-5-4-8-15(16)17;1-5-14(2)15-8-10-16(11-9-15)17(19)18(3,4)20-12-6-7-13-20;1-3-12(2)13-7-9-14(10-8-13)17-15-6-4-5-11-16-15;1-5-12(3,4)11(14)15-13(6-2)9-7-8-10-13;1-4-10(2,3)9(16)20-5-8(15)21-7(11(12,13)14)6-22(17,18)19;1-3-8(2)9-4-6-10(11)7-5-9;1-2-3(8)5(10)7(12)6(11)4(2)9;;;;;;;;;;;;/h10-15,17H,4-9H2,1-3H3;4-5,8-11H,2-3,6-7,12-14H2,1H3;8-11,14H,5-7,12-13H2,1-4H3;7-10,12,15H,3-6,11H2,1-2H3;5-10H2,1-4H3;7H,4-6H2,1-3H3,(H,17,18,19);4-8,11H,3H2,1-2H3;1H3;12*1H4/q;2*+1;;;;;;;;;;;;;;;;;/p-1. The van der Waals surface area contributed by atoms with E-state index in [0.29, 0.717) is 58.6 Å². The number of carbonyl (C=O) groups is 4. The molecule has 0 aromatic heterocycles. The average molecular weight is 2180 g/mol. The Morgan fingerprint density at radius 1 is 0.510 bits per heavy atom. The molecule has 16 nitrogen and oxygen atoms in total. The number of ether oxygens (including phenoxy) is 8. The molecule has 149 heavy (non-hydrogen) atoms. The highest BCUT2D eigenvalue weighted by Gasteiger charge is 2.48. The number of aromatic hydroxyl groups is 1. The Bertz CT molecular complexity index is 4730. The number of unbranched alkanes of at least 4 members (excludes halogenated alkanes) is 1. The van der Waals surface area contributed by atoms with Crippen molar-refractivity contribution in [2.75, 3.05) is 48.6 Å². The number of esters is 3. The van der Waals surface area contributed by atoms with E-state index < -0.39 is 86.8 Å². The van der Waals surface area contributed by atoms with Crippen LogP contribution < -0.4 is 14.2 Å². The second-order valence-electron chi connectivity index (χ2n) is 38.1. The summed E-state index contributed by atoms with van der Waals surface area (Å²) in [5.74, 6) is -2.74. The number of benzene rings is 7. The van der Waals surface area contributed by atoms with Gasteiger partial charge in [0.1, 0.15) is 51.6 Å². The first-order valence-corrected chi connectivity index (χ1v) is 54.2. The molecule has 7 aromatic carbocycles. The van der Waals surface area contributed by atoms with Gasteiger partial charge in [-0.05, 0) is 284 Å². The minimum absolute atomic E-state index is 0. The van der Waals surface area contributed by atoms with Crippen LogP contribution in [0.5, 0.6) is 23.0 Å². The lowest BCUT2D eigenvalue weighted by molar-refractivity contribution is -0.217. The van der Waals surface area contributed by atoms with Gasteiger partial charge in [0.15, 0.2) is 52.1 Å². The molecule has 5 aliphatic rings. The minimum Gasteiger partial charge on any atom is -0.748 e. The number of phenols is 1. The van der Waals surface area contributed by atoms with E-state index in [4.69, 9.17) is 33.5 Å². The molecule has 12 rings (SSSR count). The number of fused-ring (bicyclic) bond motifs is 1. The van der Waals surface area contributed by atoms with Crippen LogP contribution in [-0.2, 0) is 70.0 Å².